The Labute approximate surface area is 151 Å². The van der Waals surface area contributed by atoms with Crippen LogP contribution in [-0.4, -0.2) is 59.4 Å². The van der Waals surface area contributed by atoms with Crippen LogP contribution in [0.4, 0.5) is 0 Å². The quantitative estimate of drug-likeness (QED) is 0.816. The molecule has 2 N–H and O–H groups in total. The van der Waals surface area contributed by atoms with Gasteiger partial charge in [0.2, 0.25) is 0 Å². The maximum atomic E-state index is 12.5. The van der Waals surface area contributed by atoms with Crippen LogP contribution < -0.4 is 0 Å². The predicted octanol–water partition coefficient (Wildman–Crippen LogP) is 1.71. The van der Waals surface area contributed by atoms with Gasteiger partial charge in [0.15, 0.2) is 0 Å². The number of likely N-dealkylation sites (tertiary alicyclic amines) is 1. The summed E-state index contributed by atoms with van der Waals surface area (Å²) in [5, 5.41) is 19.3. The van der Waals surface area contributed by atoms with Crippen LogP contribution in [0.15, 0.2) is 48.5 Å². The Morgan fingerprint density at radius 3 is 2.04 bits per heavy atom. The lowest BCUT2D eigenvalue weighted by Gasteiger charge is -2.21. The van der Waals surface area contributed by atoms with E-state index in [2.05, 4.69) is 4.74 Å². The molecule has 0 radical (unpaired) electrons. The number of rotatable bonds is 4. The Morgan fingerprint density at radius 1 is 1.04 bits per heavy atom. The van der Waals surface area contributed by atoms with Crippen LogP contribution in [0.2, 0.25) is 0 Å². The number of ether oxygens (including phenoxy) is 1. The molecule has 1 heterocycles. The lowest BCUT2D eigenvalue weighted by molar-refractivity contribution is -0.00455. The standard InChI is InChI=1S/C20H21NO5/c1-26-19(24)17-8-4-15(5-9-17)14-2-6-16(7-3-14)18(23)21-11-10-20(25,12-21)13-22/h2-9,22,25H,10-13H2,1H3. The van der Waals surface area contributed by atoms with Gasteiger partial charge in [0.25, 0.3) is 5.91 Å². The Balaban J connectivity index is 1.72. The first-order valence-corrected chi connectivity index (χ1v) is 8.37. The van der Waals surface area contributed by atoms with E-state index in [0.717, 1.165) is 11.1 Å². The van der Waals surface area contributed by atoms with Gasteiger partial charge < -0.3 is 19.8 Å². The molecule has 1 atom stereocenters. The van der Waals surface area contributed by atoms with Crippen molar-refractivity contribution in [1.82, 2.24) is 4.90 Å². The van der Waals surface area contributed by atoms with Crippen molar-refractivity contribution in [3.05, 3.63) is 59.7 Å². The van der Waals surface area contributed by atoms with Crippen molar-refractivity contribution in [2.45, 2.75) is 12.0 Å². The van der Waals surface area contributed by atoms with Crippen molar-refractivity contribution in [3.63, 3.8) is 0 Å². The van der Waals surface area contributed by atoms with Crippen molar-refractivity contribution < 1.29 is 24.5 Å². The molecule has 1 aliphatic rings. The molecule has 1 fully saturated rings. The van der Waals surface area contributed by atoms with Gasteiger partial charge in [0.05, 0.1) is 25.8 Å². The maximum Gasteiger partial charge on any atom is 0.337 e. The molecule has 2 aromatic rings. The van der Waals surface area contributed by atoms with E-state index in [1.54, 1.807) is 29.2 Å². The Morgan fingerprint density at radius 2 is 1.58 bits per heavy atom. The molecule has 1 amide bonds. The summed E-state index contributed by atoms with van der Waals surface area (Å²) < 4.78 is 4.68. The molecule has 1 saturated heterocycles. The van der Waals surface area contributed by atoms with E-state index >= 15 is 0 Å². The summed E-state index contributed by atoms with van der Waals surface area (Å²) in [4.78, 5) is 25.6. The number of hydrogen-bond acceptors (Lipinski definition) is 5. The van der Waals surface area contributed by atoms with Crippen LogP contribution in [0.1, 0.15) is 27.1 Å². The molecule has 0 saturated carbocycles. The third kappa shape index (κ3) is 3.61. The molecule has 6 nitrogen and oxygen atoms in total. The molecule has 0 bridgehead atoms. The molecule has 0 spiro atoms. The van der Waals surface area contributed by atoms with Gasteiger partial charge in [-0.3, -0.25) is 4.79 Å². The number of amides is 1. The third-order valence-electron chi connectivity index (χ3n) is 4.68. The van der Waals surface area contributed by atoms with Crippen LogP contribution in [0.3, 0.4) is 0 Å². The number of aliphatic hydroxyl groups is 2. The number of carbonyl (C=O) groups excluding carboxylic acids is 2. The number of benzene rings is 2. The second kappa shape index (κ2) is 7.27. The first-order chi connectivity index (χ1) is 12.5. The molecule has 0 aromatic heterocycles. The second-order valence-electron chi connectivity index (χ2n) is 6.51. The Bertz CT molecular complexity index is 800. The monoisotopic (exact) mass is 355 g/mol. The fourth-order valence-electron chi connectivity index (χ4n) is 3.06. The van der Waals surface area contributed by atoms with Crippen LogP contribution >= 0.6 is 0 Å². The number of esters is 1. The fraction of sp³-hybridized carbons (Fsp3) is 0.300. The molecule has 6 heteroatoms. The van der Waals surface area contributed by atoms with Gasteiger partial charge in [-0.15, -0.1) is 0 Å². The van der Waals surface area contributed by atoms with Crippen molar-refractivity contribution in [2.75, 3.05) is 26.8 Å². The van der Waals surface area contributed by atoms with Gasteiger partial charge in [-0.05, 0) is 41.8 Å². The summed E-state index contributed by atoms with van der Waals surface area (Å²) in [7, 11) is 1.34. The lowest BCUT2D eigenvalue weighted by Crippen LogP contribution is -2.38. The SMILES string of the molecule is COC(=O)c1ccc(-c2ccc(C(=O)N3CCC(O)(CO)C3)cc2)cc1. The molecule has 136 valence electrons. The number of carbonyl (C=O) groups is 2. The van der Waals surface area contributed by atoms with E-state index in [0.29, 0.717) is 24.1 Å². The van der Waals surface area contributed by atoms with E-state index < -0.39 is 5.60 Å². The van der Waals surface area contributed by atoms with E-state index in [-0.39, 0.29) is 25.0 Å². The van der Waals surface area contributed by atoms with Crippen molar-refractivity contribution in [3.8, 4) is 11.1 Å². The van der Waals surface area contributed by atoms with Gasteiger partial charge >= 0.3 is 5.97 Å². The fourth-order valence-corrected chi connectivity index (χ4v) is 3.06. The number of nitrogens with zero attached hydrogens (tertiary/aromatic N) is 1. The minimum absolute atomic E-state index is 0.138. The van der Waals surface area contributed by atoms with Gasteiger partial charge in [-0.1, -0.05) is 24.3 Å². The molecule has 1 aliphatic heterocycles. The summed E-state index contributed by atoms with van der Waals surface area (Å²) in [6, 6.07) is 14.2. The van der Waals surface area contributed by atoms with Gasteiger partial charge in [-0.25, -0.2) is 4.79 Å². The predicted molar refractivity (Wildman–Crippen MR) is 95.8 cm³/mol. The second-order valence-corrected chi connectivity index (χ2v) is 6.51. The highest BCUT2D eigenvalue weighted by atomic mass is 16.5. The summed E-state index contributed by atoms with van der Waals surface area (Å²) in [6.45, 7) is 0.211. The van der Waals surface area contributed by atoms with Crippen LogP contribution in [-0.2, 0) is 4.74 Å². The highest BCUT2D eigenvalue weighted by Crippen LogP contribution is 2.24. The molecular formula is C20H21NO5. The van der Waals surface area contributed by atoms with Gasteiger partial charge in [0.1, 0.15) is 5.60 Å². The molecular weight excluding hydrogens is 334 g/mol. The van der Waals surface area contributed by atoms with Crippen LogP contribution in [0.25, 0.3) is 11.1 Å². The third-order valence-corrected chi connectivity index (χ3v) is 4.68. The van der Waals surface area contributed by atoms with Gasteiger partial charge in [-0.2, -0.15) is 0 Å². The lowest BCUT2D eigenvalue weighted by atomic mass is 10.0. The summed E-state index contributed by atoms with van der Waals surface area (Å²) >= 11 is 0. The minimum atomic E-state index is -1.20. The molecule has 1 unspecified atom stereocenters. The molecule has 2 aromatic carbocycles. The van der Waals surface area contributed by atoms with Crippen molar-refractivity contribution in [1.29, 1.82) is 0 Å². The van der Waals surface area contributed by atoms with E-state index in [9.17, 15) is 19.8 Å². The van der Waals surface area contributed by atoms with Crippen LogP contribution in [0.5, 0.6) is 0 Å². The Hall–Kier alpha value is -2.70. The maximum absolute atomic E-state index is 12.5. The zero-order valence-corrected chi connectivity index (χ0v) is 14.5. The van der Waals surface area contributed by atoms with Crippen molar-refractivity contribution in [2.24, 2.45) is 0 Å². The number of β-amino-alcohol motifs (C(OH)–C–C–N with tert-alkyl or cyclic N) is 1. The summed E-state index contributed by atoms with van der Waals surface area (Å²) in [6.07, 6.45) is 0.375. The molecule has 0 aliphatic carbocycles. The normalized spacial score (nSPS) is 19.4. The van der Waals surface area contributed by atoms with E-state index in [4.69, 9.17) is 0 Å². The van der Waals surface area contributed by atoms with Crippen LogP contribution in [0, 0.1) is 0 Å². The average Bonchev–Trinajstić information content (AvgIpc) is 3.10. The average molecular weight is 355 g/mol. The zero-order chi connectivity index (χ0) is 18.7. The first kappa shape index (κ1) is 18.1. The zero-order valence-electron chi connectivity index (χ0n) is 14.5. The topological polar surface area (TPSA) is 87.1 Å². The minimum Gasteiger partial charge on any atom is -0.465 e. The van der Waals surface area contributed by atoms with E-state index in [1.165, 1.54) is 7.11 Å². The smallest absolute Gasteiger partial charge is 0.337 e. The largest absolute Gasteiger partial charge is 0.465 e. The highest BCUT2D eigenvalue weighted by Gasteiger charge is 2.37. The summed E-state index contributed by atoms with van der Waals surface area (Å²) in [5.74, 6) is -0.548. The van der Waals surface area contributed by atoms with Crippen molar-refractivity contribution >= 4 is 11.9 Å². The number of aliphatic hydroxyl groups excluding tert-OH is 1. The first-order valence-electron chi connectivity index (χ1n) is 8.37. The Kier molecular flexibility index (Phi) is 5.06. The number of methoxy groups -OCH3 is 1. The van der Waals surface area contributed by atoms with Gasteiger partial charge in [0, 0.05) is 12.1 Å². The molecule has 26 heavy (non-hydrogen) atoms. The number of hydrogen-bond donors (Lipinski definition) is 2. The summed E-state index contributed by atoms with van der Waals surface area (Å²) in [5.41, 5.74) is 1.66. The molecule has 3 rings (SSSR count). The van der Waals surface area contributed by atoms with E-state index in [1.807, 2.05) is 24.3 Å². The highest BCUT2D eigenvalue weighted by molar-refractivity contribution is 5.95.